The van der Waals surface area contributed by atoms with Gasteiger partial charge in [0.15, 0.2) is 0 Å². The van der Waals surface area contributed by atoms with Crippen LogP contribution in [0.25, 0.3) is 10.9 Å². The molecule has 168 valence electrons. The first-order chi connectivity index (χ1) is 15.9. The Balaban J connectivity index is 1.56. The number of amides is 1. The van der Waals surface area contributed by atoms with Gasteiger partial charge >= 0.3 is 0 Å². The van der Waals surface area contributed by atoms with Crippen LogP contribution in [-0.2, 0) is 6.42 Å². The lowest BCUT2D eigenvalue weighted by molar-refractivity contribution is 0.0977. The molecule has 0 aliphatic rings. The Morgan fingerprint density at radius 3 is 2.58 bits per heavy atom. The lowest BCUT2D eigenvalue weighted by Crippen LogP contribution is -2.37. The first kappa shape index (κ1) is 22.8. The maximum absolute atomic E-state index is 12.9. The number of H-pyrrole nitrogens is 1. The Labute approximate surface area is 201 Å². The van der Waals surface area contributed by atoms with Gasteiger partial charge < -0.3 is 4.98 Å². The number of fused-ring (bicyclic) bond motifs is 1. The van der Waals surface area contributed by atoms with Crippen molar-refractivity contribution in [1.82, 2.24) is 20.3 Å². The third-order valence-corrected chi connectivity index (χ3v) is 5.49. The maximum atomic E-state index is 12.9. The number of aromatic nitrogens is 3. The molecule has 0 aliphatic heterocycles. The molecule has 0 atom stereocenters. The van der Waals surface area contributed by atoms with Crippen LogP contribution in [0.1, 0.15) is 27.3 Å². The third kappa shape index (κ3) is 5.69. The van der Waals surface area contributed by atoms with E-state index in [2.05, 4.69) is 36.6 Å². The van der Waals surface area contributed by atoms with Crippen molar-refractivity contribution in [1.29, 1.82) is 0 Å². The molecule has 0 unspecified atom stereocenters. The number of hydrogen-bond donors (Lipinski definition) is 3. The minimum absolute atomic E-state index is 0.232. The summed E-state index contributed by atoms with van der Waals surface area (Å²) in [5.41, 5.74) is 4.10. The van der Waals surface area contributed by atoms with E-state index < -0.39 is 5.91 Å². The predicted octanol–water partition coefficient (Wildman–Crippen LogP) is 5.32. The van der Waals surface area contributed by atoms with Crippen LogP contribution in [0.3, 0.4) is 0 Å². The van der Waals surface area contributed by atoms with Crippen molar-refractivity contribution >= 4 is 51.9 Å². The molecule has 7 nitrogen and oxygen atoms in total. The van der Waals surface area contributed by atoms with Crippen LogP contribution in [-0.4, -0.2) is 33.4 Å². The molecule has 33 heavy (non-hydrogen) atoms. The number of nitrogens with one attached hydrogen (secondary N) is 3. The van der Waals surface area contributed by atoms with E-state index >= 15 is 0 Å². The van der Waals surface area contributed by atoms with Gasteiger partial charge in [0.2, 0.25) is 11.9 Å². The van der Waals surface area contributed by atoms with Crippen LogP contribution in [0.15, 0.2) is 59.7 Å². The van der Waals surface area contributed by atoms with Crippen LogP contribution in [0.5, 0.6) is 0 Å². The number of aryl methyl sites for hydroxylation is 2. The summed E-state index contributed by atoms with van der Waals surface area (Å²) in [6, 6.07) is 14.7. The number of rotatable bonds is 5. The fourth-order valence-electron chi connectivity index (χ4n) is 3.47. The Bertz CT molecular complexity index is 1330. The molecule has 2 aromatic carbocycles. The van der Waals surface area contributed by atoms with E-state index in [1.165, 1.54) is 6.07 Å². The van der Waals surface area contributed by atoms with Crippen molar-refractivity contribution in [3.8, 4) is 0 Å². The maximum Gasteiger partial charge on any atom is 0.259 e. The molecule has 4 rings (SSSR count). The first-order valence-electron chi connectivity index (χ1n) is 10.3. The highest BCUT2D eigenvalue weighted by molar-refractivity contribution is 6.37. The molecular formula is C24H22Cl2N6O. The van der Waals surface area contributed by atoms with Crippen molar-refractivity contribution in [3.63, 3.8) is 0 Å². The molecule has 0 bridgehead atoms. The third-order valence-electron chi connectivity index (χ3n) is 4.95. The largest absolute Gasteiger partial charge is 0.361 e. The quantitative estimate of drug-likeness (QED) is 0.266. The molecule has 0 saturated heterocycles. The van der Waals surface area contributed by atoms with Crippen molar-refractivity contribution in [2.75, 3.05) is 11.9 Å². The van der Waals surface area contributed by atoms with Crippen molar-refractivity contribution in [3.05, 3.63) is 87.3 Å². The number of carbonyl (C=O) groups is 1. The van der Waals surface area contributed by atoms with E-state index in [4.69, 9.17) is 23.2 Å². The van der Waals surface area contributed by atoms with E-state index in [0.29, 0.717) is 23.9 Å². The van der Waals surface area contributed by atoms with E-state index in [1.807, 2.05) is 44.3 Å². The molecule has 1 amide bonds. The molecule has 2 heterocycles. The fourth-order valence-corrected chi connectivity index (χ4v) is 3.97. The molecule has 2 aromatic heterocycles. The van der Waals surface area contributed by atoms with Crippen LogP contribution >= 0.6 is 23.2 Å². The Morgan fingerprint density at radius 1 is 1.06 bits per heavy atom. The summed E-state index contributed by atoms with van der Waals surface area (Å²) < 4.78 is 0. The highest BCUT2D eigenvalue weighted by atomic mass is 35.5. The van der Waals surface area contributed by atoms with Crippen molar-refractivity contribution < 1.29 is 4.79 Å². The summed E-state index contributed by atoms with van der Waals surface area (Å²) in [5, 5.41) is 7.66. The number of halogens is 2. The molecule has 3 N–H and O–H groups in total. The lowest BCUT2D eigenvalue weighted by Gasteiger charge is -2.12. The van der Waals surface area contributed by atoms with Gasteiger partial charge in [-0.3, -0.25) is 20.4 Å². The highest BCUT2D eigenvalue weighted by Gasteiger charge is 2.14. The molecule has 0 saturated carbocycles. The molecule has 4 aromatic rings. The summed E-state index contributed by atoms with van der Waals surface area (Å²) in [4.78, 5) is 29.5. The van der Waals surface area contributed by atoms with Gasteiger partial charge in [0, 0.05) is 40.1 Å². The average molecular weight is 481 g/mol. The minimum Gasteiger partial charge on any atom is -0.361 e. The standard InChI is InChI=1S/C24H22Cl2N6O/c1-14-11-15(2)30-24(29-14)32-23(31-22(33)19-8-7-17(25)12-20(19)26)27-10-9-16-13-28-21-6-4-3-5-18(16)21/h3-8,11-13,28H,9-10H2,1-2H3,(H2,27,29,30,31,32,33). The number of aliphatic imine (C=N–C) groups is 1. The van der Waals surface area contributed by atoms with E-state index in [1.54, 1.807) is 12.1 Å². The number of guanidine groups is 1. The fraction of sp³-hybridized carbons (Fsp3) is 0.167. The van der Waals surface area contributed by atoms with Crippen LogP contribution < -0.4 is 10.6 Å². The zero-order valence-electron chi connectivity index (χ0n) is 18.1. The molecular weight excluding hydrogens is 459 g/mol. The Hall–Kier alpha value is -3.42. The molecule has 0 aliphatic carbocycles. The molecule has 9 heteroatoms. The predicted molar refractivity (Wildman–Crippen MR) is 133 cm³/mol. The monoisotopic (exact) mass is 480 g/mol. The smallest absolute Gasteiger partial charge is 0.259 e. The topological polar surface area (TPSA) is 95.1 Å². The first-order valence-corrected chi connectivity index (χ1v) is 11.1. The summed E-state index contributed by atoms with van der Waals surface area (Å²) in [6.45, 7) is 4.18. The number of anilines is 1. The van der Waals surface area contributed by atoms with Gasteiger partial charge in [-0.25, -0.2) is 9.97 Å². The Kier molecular flexibility index (Phi) is 6.91. The van der Waals surface area contributed by atoms with Crippen LogP contribution in [0, 0.1) is 13.8 Å². The van der Waals surface area contributed by atoms with Gasteiger partial charge in [-0.1, -0.05) is 41.4 Å². The van der Waals surface area contributed by atoms with Crippen LogP contribution in [0.2, 0.25) is 10.0 Å². The Morgan fingerprint density at radius 2 is 1.82 bits per heavy atom. The van der Waals surface area contributed by atoms with Gasteiger partial charge in [-0.15, -0.1) is 0 Å². The molecule has 0 fully saturated rings. The highest BCUT2D eigenvalue weighted by Crippen LogP contribution is 2.21. The summed E-state index contributed by atoms with van der Waals surface area (Å²) in [6.07, 6.45) is 2.66. The van der Waals surface area contributed by atoms with E-state index in [9.17, 15) is 4.79 Å². The van der Waals surface area contributed by atoms with Crippen LogP contribution in [0.4, 0.5) is 5.95 Å². The summed E-state index contributed by atoms with van der Waals surface area (Å²) >= 11 is 12.2. The van der Waals surface area contributed by atoms with E-state index in [-0.39, 0.29) is 16.5 Å². The molecule has 0 spiro atoms. The van der Waals surface area contributed by atoms with Gasteiger partial charge in [-0.05, 0) is 56.2 Å². The number of nitrogens with zero attached hydrogens (tertiary/aromatic N) is 3. The second kappa shape index (κ2) is 10.0. The number of hydrogen-bond acceptors (Lipinski definition) is 4. The van der Waals surface area contributed by atoms with Crippen molar-refractivity contribution in [2.45, 2.75) is 20.3 Å². The lowest BCUT2D eigenvalue weighted by atomic mass is 10.1. The second-order valence-electron chi connectivity index (χ2n) is 7.52. The minimum atomic E-state index is -0.417. The van der Waals surface area contributed by atoms with Gasteiger partial charge in [-0.2, -0.15) is 0 Å². The average Bonchev–Trinajstić information content (AvgIpc) is 3.16. The number of benzene rings is 2. The SMILES string of the molecule is Cc1cc(C)nc(NC(=NCCc2c[nH]c3ccccc23)NC(=O)c2ccc(Cl)cc2Cl)n1. The zero-order chi connectivity index (χ0) is 23.4. The summed E-state index contributed by atoms with van der Waals surface area (Å²) in [7, 11) is 0. The summed E-state index contributed by atoms with van der Waals surface area (Å²) in [5.74, 6) is 0.163. The van der Waals surface area contributed by atoms with Gasteiger partial charge in [0.05, 0.1) is 10.6 Å². The number of carbonyl (C=O) groups excluding carboxylic acids is 1. The number of aromatic amines is 1. The molecule has 0 radical (unpaired) electrons. The second-order valence-corrected chi connectivity index (χ2v) is 8.36. The van der Waals surface area contributed by atoms with Gasteiger partial charge in [0.1, 0.15) is 0 Å². The number of para-hydroxylation sites is 1. The van der Waals surface area contributed by atoms with E-state index in [0.717, 1.165) is 27.9 Å². The van der Waals surface area contributed by atoms with Gasteiger partial charge in [0.25, 0.3) is 5.91 Å². The van der Waals surface area contributed by atoms with Crippen molar-refractivity contribution in [2.24, 2.45) is 4.99 Å². The zero-order valence-corrected chi connectivity index (χ0v) is 19.6. The normalized spacial score (nSPS) is 11.6.